The molecule has 0 bridgehead atoms. The van der Waals surface area contributed by atoms with E-state index in [0.29, 0.717) is 6.42 Å². The molecule has 1 aromatic rings. The van der Waals surface area contributed by atoms with E-state index in [1.54, 1.807) is 18.7 Å². The molecule has 1 rings (SSSR count). The van der Waals surface area contributed by atoms with E-state index in [-0.39, 0.29) is 12.6 Å². The van der Waals surface area contributed by atoms with Gasteiger partial charge >= 0.3 is 6.03 Å². The molecule has 1 atom stereocenters. The fourth-order valence-electron chi connectivity index (χ4n) is 1.56. The first-order valence-corrected chi connectivity index (χ1v) is 7.66. The molecule has 0 fully saturated rings. The maximum atomic E-state index is 11.7. The summed E-state index contributed by atoms with van der Waals surface area (Å²) in [6.07, 6.45) is 2.65. The Balaban J connectivity index is 2.42. The Hall–Kier alpha value is -1.20. The van der Waals surface area contributed by atoms with E-state index >= 15 is 0 Å². The zero-order valence-electron chi connectivity index (χ0n) is 11.7. The van der Waals surface area contributed by atoms with Gasteiger partial charge in [-0.3, -0.25) is 0 Å². The number of carbonyl (C=O) groups is 1. The Morgan fingerprint density at radius 2 is 2.11 bits per heavy atom. The number of rotatable bonds is 6. The number of aryl methyl sites for hydroxylation is 1. The molecule has 0 aliphatic rings. The summed E-state index contributed by atoms with van der Waals surface area (Å²) in [5, 5.41) is 15.5. The number of thioether (sulfide) groups is 1. The Bertz CT molecular complexity index is 422. The lowest BCUT2D eigenvalue weighted by molar-refractivity contribution is 0.0599. The summed E-state index contributed by atoms with van der Waals surface area (Å²) >= 11 is 1.68. The van der Waals surface area contributed by atoms with E-state index in [2.05, 4.69) is 10.6 Å². The van der Waals surface area contributed by atoms with Crippen LogP contribution in [0.5, 0.6) is 0 Å². The summed E-state index contributed by atoms with van der Waals surface area (Å²) < 4.78 is 0. The number of carbonyl (C=O) groups excluding carboxylic acids is 1. The van der Waals surface area contributed by atoms with Crippen LogP contribution in [0.2, 0.25) is 0 Å². The number of urea groups is 1. The number of anilines is 1. The minimum Gasteiger partial charge on any atom is -0.388 e. The molecule has 3 N–H and O–H groups in total. The first kappa shape index (κ1) is 15.9. The summed E-state index contributed by atoms with van der Waals surface area (Å²) in [7, 11) is 0. The van der Waals surface area contributed by atoms with Crippen LogP contribution in [0.1, 0.15) is 18.9 Å². The maximum Gasteiger partial charge on any atom is 0.319 e. The van der Waals surface area contributed by atoms with Gasteiger partial charge in [0.2, 0.25) is 0 Å². The van der Waals surface area contributed by atoms with Crippen LogP contribution in [0, 0.1) is 6.92 Å². The van der Waals surface area contributed by atoms with Crippen molar-refractivity contribution in [1.82, 2.24) is 5.32 Å². The van der Waals surface area contributed by atoms with E-state index in [1.807, 2.05) is 37.4 Å². The van der Waals surface area contributed by atoms with Crippen molar-refractivity contribution in [3.63, 3.8) is 0 Å². The van der Waals surface area contributed by atoms with E-state index < -0.39 is 5.60 Å². The second-order valence-electron chi connectivity index (χ2n) is 4.86. The minimum atomic E-state index is -0.869. The van der Waals surface area contributed by atoms with Crippen LogP contribution in [0.3, 0.4) is 0 Å². The van der Waals surface area contributed by atoms with E-state index in [0.717, 1.165) is 17.0 Å². The third-order valence-electron chi connectivity index (χ3n) is 2.87. The monoisotopic (exact) mass is 282 g/mol. The zero-order valence-corrected chi connectivity index (χ0v) is 12.5. The van der Waals surface area contributed by atoms with Crippen molar-refractivity contribution in [1.29, 1.82) is 0 Å². The van der Waals surface area contributed by atoms with E-state index in [4.69, 9.17) is 0 Å². The zero-order chi connectivity index (χ0) is 14.3. The van der Waals surface area contributed by atoms with Gasteiger partial charge in [0.15, 0.2) is 0 Å². The Kier molecular flexibility index (Phi) is 6.18. The molecule has 0 saturated carbocycles. The van der Waals surface area contributed by atoms with Crippen molar-refractivity contribution in [2.24, 2.45) is 0 Å². The lowest BCUT2D eigenvalue weighted by atomic mass is 10.0. The number of amides is 2. The van der Waals surface area contributed by atoms with Crippen LogP contribution in [-0.2, 0) is 0 Å². The van der Waals surface area contributed by atoms with Crippen molar-refractivity contribution in [3.05, 3.63) is 29.8 Å². The van der Waals surface area contributed by atoms with Gasteiger partial charge < -0.3 is 15.7 Å². The van der Waals surface area contributed by atoms with Crippen LogP contribution in [0.4, 0.5) is 10.5 Å². The van der Waals surface area contributed by atoms with Crippen LogP contribution >= 0.6 is 11.8 Å². The predicted octanol–water partition coefficient (Wildman–Crippen LogP) is 2.62. The highest BCUT2D eigenvalue weighted by Crippen LogP contribution is 2.14. The van der Waals surface area contributed by atoms with Gasteiger partial charge in [-0.2, -0.15) is 11.8 Å². The van der Waals surface area contributed by atoms with Crippen molar-refractivity contribution >= 4 is 23.5 Å². The quantitative estimate of drug-likeness (QED) is 0.751. The van der Waals surface area contributed by atoms with Gasteiger partial charge in [0.1, 0.15) is 0 Å². The molecule has 2 amide bonds. The lowest BCUT2D eigenvalue weighted by Gasteiger charge is -2.23. The van der Waals surface area contributed by atoms with E-state index in [1.165, 1.54) is 0 Å². The summed E-state index contributed by atoms with van der Waals surface area (Å²) in [6.45, 7) is 3.91. The Morgan fingerprint density at radius 3 is 2.74 bits per heavy atom. The summed E-state index contributed by atoms with van der Waals surface area (Å²) in [6, 6.07) is 7.28. The van der Waals surface area contributed by atoms with Crippen LogP contribution in [-0.4, -0.2) is 35.3 Å². The average Bonchev–Trinajstić information content (AvgIpc) is 2.37. The second-order valence-corrected chi connectivity index (χ2v) is 5.85. The molecule has 0 heterocycles. The van der Waals surface area contributed by atoms with Gasteiger partial charge in [-0.15, -0.1) is 0 Å². The molecule has 19 heavy (non-hydrogen) atoms. The second kappa shape index (κ2) is 7.40. The largest absolute Gasteiger partial charge is 0.388 e. The van der Waals surface area contributed by atoms with Gasteiger partial charge in [-0.1, -0.05) is 18.2 Å². The third kappa shape index (κ3) is 5.98. The first-order valence-electron chi connectivity index (χ1n) is 6.26. The number of benzene rings is 1. The molecule has 5 heteroatoms. The standard InChI is InChI=1S/C14H22N2O2S/c1-11-6-4-5-7-12(11)16-13(17)15-10-14(2,18)8-9-19-3/h4-7,18H,8-10H2,1-3H3,(H2,15,16,17). The van der Waals surface area contributed by atoms with Crippen LogP contribution < -0.4 is 10.6 Å². The molecule has 0 radical (unpaired) electrons. The highest BCUT2D eigenvalue weighted by atomic mass is 32.2. The molecule has 1 aromatic carbocycles. The molecule has 0 aliphatic heterocycles. The molecule has 1 unspecified atom stereocenters. The van der Waals surface area contributed by atoms with Crippen LogP contribution in [0.15, 0.2) is 24.3 Å². The fraction of sp³-hybridized carbons (Fsp3) is 0.500. The van der Waals surface area contributed by atoms with Crippen molar-refractivity contribution in [3.8, 4) is 0 Å². The fourth-order valence-corrected chi connectivity index (χ4v) is 2.20. The summed E-state index contributed by atoms with van der Waals surface area (Å²) in [5.74, 6) is 0.869. The van der Waals surface area contributed by atoms with E-state index in [9.17, 15) is 9.90 Å². The topological polar surface area (TPSA) is 61.4 Å². The molecule has 0 aliphatic carbocycles. The number of para-hydroxylation sites is 1. The normalized spacial score (nSPS) is 13.7. The smallest absolute Gasteiger partial charge is 0.319 e. The highest BCUT2D eigenvalue weighted by molar-refractivity contribution is 7.98. The van der Waals surface area contributed by atoms with Crippen LogP contribution in [0.25, 0.3) is 0 Å². The SMILES string of the molecule is CSCCC(C)(O)CNC(=O)Nc1ccccc1C. The number of aliphatic hydroxyl groups is 1. The van der Waals surface area contributed by atoms with Gasteiger partial charge in [0.25, 0.3) is 0 Å². The van der Waals surface area contributed by atoms with Crippen molar-refractivity contribution in [2.45, 2.75) is 25.9 Å². The molecule has 0 saturated heterocycles. The molecule has 0 spiro atoms. The van der Waals surface area contributed by atoms with Gasteiger partial charge in [-0.25, -0.2) is 4.79 Å². The van der Waals surface area contributed by atoms with Crippen molar-refractivity contribution in [2.75, 3.05) is 23.9 Å². The van der Waals surface area contributed by atoms with Crippen molar-refractivity contribution < 1.29 is 9.90 Å². The van der Waals surface area contributed by atoms with Gasteiger partial charge in [0.05, 0.1) is 5.60 Å². The first-order chi connectivity index (χ1) is 8.94. The molecule has 0 aromatic heterocycles. The average molecular weight is 282 g/mol. The Labute approximate surface area is 119 Å². The molecule has 4 nitrogen and oxygen atoms in total. The summed E-state index contributed by atoms with van der Waals surface area (Å²) in [5.41, 5.74) is 0.919. The number of hydrogen-bond donors (Lipinski definition) is 3. The maximum absolute atomic E-state index is 11.7. The van der Waals surface area contributed by atoms with Gasteiger partial charge in [-0.05, 0) is 43.9 Å². The predicted molar refractivity (Wildman–Crippen MR) is 81.8 cm³/mol. The third-order valence-corrected chi connectivity index (χ3v) is 3.48. The number of hydrogen-bond acceptors (Lipinski definition) is 3. The van der Waals surface area contributed by atoms with Gasteiger partial charge in [0, 0.05) is 12.2 Å². The molecular weight excluding hydrogens is 260 g/mol. The molecular formula is C14H22N2O2S. The number of nitrogens with one attached hydrogen (secondary N) is 2. The summed E-state index contributed by atoms with van der Waals surface area (Å²) in [4.78, 5) is 11.7. The highest BCUT2D eigenvalue weighted by Gasteiger charge is 2.20. The molecule has 106 valence electrons. The minimum absolute atomic E-state index is 0.241. The Morgan fingerprint density at radius 1 is 1.42 bits per heavy atom. The lowest BCUT2D eigenvalue weighted by Crippen LogP contribution is -2.42.